The first-order valence-corrected chi connectivity index (χ1v) is 6.30. The lowest BCUT2D eigenvalue weighted by Gasteiger charge is -2.12. The molecule has 0 saturated carbocycles. The summed E-state index contributed by atoms with van der Waals surface area (Å²) in [5, 5.41) is 9.95. The number of halogens is 4. The van der Waals surface area contributed by atoms with Crippen molar-refractivity contribution < 1.29 is 13.9 Å². The van der Waals surface area contributed by atoms with E-state index in [1.165, 1.54) is 24.3 Å². The van der Waals surface area contributed by atoms with Crippen LogP contribution in [0.25, 0.3) is 0 Å². The third-order valence-corrected chi connectivity index (χ3v) is 3.37. The molecule has 0 amide bonds. The maximum Gasteiger partial charge on any atom is 0.145 e. The Morgan fingerprint density at radius 3 is 2.47 bits per heavy atom. The fourth-order valence-corrected chi connectivity index (χ4v) is 2.06. The maximum atomic E-state index is 13.7. The lowest BCUT2D eigenvalue weighted by Crippen LogP contribution is -2.04. The topological polar surface area (TPSA) is 20.2 Å². The molecular weight excluding hydrogens is 293 g/mol. The van der Waals surface area contributed by atoms with Gasteiger partial charge in [0.15, 0.2) is 0 Å². The quantitative estimate of drug-likeness (QED) is 0.882. The summed E-state index contributed by atoms with van der Waals surface area (Å²) in [6, 6.07) is 8.53. The first kappa shape index (κ1) is 14.3. The zero-order valence-corrected chi connectivity index (χ0v) is 11.2. The van der Waals surface area contributed by atoms with Crippen molar-refractivity contribution in [1.82, 2.24) is 0 Å². The SMILES string of the molecule is OC(Cc1cccc(Cl)c1F)c1ccc(Cl)c(F)c1. The molecule has 0 aliphatic heterocycles. The molecule has 0 fully saturated rings. The van der Waals surface area contributed by atoms with Gasteiger partial charge in [-0.05, 0) is 29.3 Å². The molecule has 0 bridgehead atoms. The molecule has 1 N–H and O–H groups in total. The van der Waals surface area contributed by atoms with Crippen LogP contribution in [-0.4, -0.2) is 5.11 Å². The molecule has 0 aliphatic rings. The Morgan fingerprint density at radius 2 is 1.79 bits per heavy atom. The van der Waals surface area contributed by atoms with Gasteiger partial charge < -0.3 is 5.11 Å². The summed E-state index contributed by atoms with van der Waals surface area (Å²) >= 11 is 11.2. The fraction of sp³-hybridized carbons (Fsp3) is 0.143. The second kappa shape index (κ2) is 5.87. The molecule has 1 nitrogen and oxygen atoms in total. The Bertz CT molecular complexity index is 602. The van der Waals surface area contributed by atoms with Crippen molar-refractivity contribution in [2.75, 3.05) is 0 Å². The van der Waals surface area contributed by atoms with E-state index in [0.29, 0.717) is 5.56 Å². The van der Waals surface area contributed by atoms with E-state index in [2.05, 4.69) is 0 Å². The monoisotopic (exact) mass is 302 g/mol. The van der Waals surface area contributed by atoms with Gasteiger partial charge in [-0.3, -0.25) is 0 Å². The van der Waals surface area contributed by atoms with Gasteiger partial charge in [0.05, 0.1) is 16.1 Å². The highest BCUT2D eigenvalue weighted by Crippen LogP contribution is 2.25. The van der Waals surface area contributed by atoms with Crippen molar-refractivity contribution in [2.24, 2.45) is 0 Å². The van der Waals surface area contributed by atoms with Gasteiger partial charge in [0, 0.05) is 6.42 Å². The summed E-state index contributed by atoms with van der Waals surface area (Å²) in [4.78, 5) is 0. The van der Waals surface area contributed by atoms with Gasteiger partial charge in [0.1, 0.15) is 11.6 Å². The van der Waals surface area contributed by atoms with E-state index in [-0.39, 0.29) is 22.0 Å². The van der Waals surface area contributed by atoms with Crippen LogP contribution in [0.15, 0.2) is 36.4 Å². The van der Waals surface area contributed by atoms with E-state index in [1.807, 2.05) is 0 Å². The highest BCUT2D eigenvalue weighted by atomic mass is 35.5. The average molecular weight is 303 g/mol. The molecule has 0 aliphatic carbocycles. The third kappa shape index (κ3) is 3.24. The van der Waals surface area contributed by atoms with Crippen molar-refractivity contribution in [2.45, 2.75) is 12.5 Å². The van der Waals surface area contributed by atoms with Gasteiger partial charge in [-0.2, -0.15) is 0 Å². The summed E-state index contributed by atoms with van der Waals surface area (Å²) in [6.07, 6.45) is -1.02. The van der Waals surface area contributed by atoms with Crippen LogP contribution in [-0.2, 0) is 6.42 Å². The molecule has 2 rings (SSSR count). The molecule has 0 heterocycles. The summed E-state index contributed by atoms with van der Waals surface area (Å²) in [5.74, 6) is -1.19. The molecule has 2 aromatic carbocycles. The van der Waals surface area contributed by atoms with Crippen LogP contribution in [0.4, 0.5) is 8.78 Å². The fourth-order valence-electron chi connectivity index (χ4n) is 1.75. The van der Waals surface area contributed by atoms with Crippen LogP contribution in [0.5, 0.6) is 0 Å². The molecular formula is C14H10Cl2F2O. The molecule has 0 saturated heterocycles. The Kier molecular flexibility index (Phi) is 4.40. The van der Waals surface area contributed by atoms with Gasteiger partial charge >= 0.3 is 0 Å². The minimum absolute atomic E-state index is 0.00741. The number of aliphatic hydroxyl groups excluding tert-OH is 1. The van der Waals surface area contributed by atoms with Gasteiger partial charge in [-0.1, -0.05) is 41.4 Å². The minimum atomic E-state index is -1.03. The summed E-state index contributed by atoms with van der Waals surface area (Å²) in [7, 11) is 0. The van der Waals surface area contributed by atoms with Crippen LogP contribution < -0.4 is 0 Å². The maximum absolute atomic E-state index is 13.7. The second-order valence-corrected chi connectivity index (χ2v) is 4.92. The lowest BCUT2D eigenvalue weighted by molar-refractivity contribution is 0.176. The summed E-state index contributed by atoms with van der Waals surface area (Å²) < 4.78 is 27.0. The van der Waals surface area contributed by atoms with Crippen LogP contribution in [0, 0.1) is 11.6 Å². The van der Waals surface area contributed by atoms with Crippen molar-refractivity contribution in [3.63, 3.8) is 0 Å². The number of aliphatic hydroxyl groups is 1. The van der Waals surface area contributed by atoms with E-state index in [0.717, 1.165) is 6.07 Å². The molecule has 1 unspecified atom stereocenters. The average Bonchev–Trinajstić information content (AvgIpc) is 2.38. The largest absolute Gasteiger partial charge is 0.388 e. The number of hydrogen-bond donors (Lipinski definition) is 1. The lowest BCUT2D eigenvalue weighted by atomic mass is 10.0. The Morgan fingerprint density at radius 1 is 1.05 bits per heavy atom. The number of hydrogen-bond acceptors (Lipinski definition) is 1. The van der Waals surface area contributed by atoms with E-state index < -0.39 is 17.7 Å². The Balaban J connectivity index is 2.23. The van der Waals surface area contributed by atoms with Crippen molar-refractivity contribution >= 4 is 23.2 Å². The van der Waals surface area contributed by atoms with E-state index in [4.69, 9.17) is 23.2 Å². The van der Waals surface area contributed by atoms with Gasteiger partial charge in [-0.25, -0.2) is 8.78 Å². The van der Waals surface area contributed by atoms with Crippen LogP contribution in [0.2, 0.25) is 10.0 Å². The van der Waals surface area contributed by atoms with Crippen LogP contribution in [0.3, 0.4) is 0 Å². The van der Waals surface area contributed by atoms with E-state index >= 15 is 0 Å². The zero-order chi connectivity index (χ0) is 14.0. The first-order chi connectivity index (χ1) is 8.99. The molecule has 0 spiro atoms. The summed E-state index contributed by atoms with van der Waals surface area (Å²) in [5.41, 5.74) is 0.608. The van der Waals surface area contributed by atoms with E-state index in [9.17, 15) is 13.9 Å². The molecule has 0 aromatic heterocycles. The number of rotatable bonds is 3. The standard InChI is InChI=1S/C14H10Cl2F2O/c15-10-5-4-8(6-12(10)17)13(19)7-9-2-1-3-11(16)14(9)18/h1-6,13,19H,7H2. The highest BCUT2D eigenvalue weighted by Gasteiger charge is 2.14. The predicted molar refractivity (Wildman–Crippen MR) is 71.5 cm³/mol. The molecule has 1 atom stereocenters. The smallest absolute Gasteiger partial charge is 0.145 e. The third-order valence-electron chi connectivity index (χ3n) is 2.77. The van der Waals surface area contributed by atoms with Gasteiger partial charge in [0.25, 0.3) is 0 Å². The van der Waals surface area contributed by atoms with Crippen LogP contribution in [0.1, 0.15) is 17.2 Å². The van der Waals surface area contributed by atoms with Gasteiger partial charge in [0.2, 0.25) is 0 Å². The molecule has 19 heavy (non-hydrogen) atoms. The second-order valence-electron chi connectivity index (χ2n) is 4.11. The Hall–Kier alpha value is -1.16. The van der Waals surface area contributed by atoms with Crippen molar-refractivity contribution in [3.05, 3.63) is 69.2 Å². The van der Waals surface area contributed by atoms with Gasteiger partial charge in [-0.15, -0.1) is 0 Å². The molecule has 2 aromatic rings. The Labute approximate surface area is 119 Å². The normalized spacial score (nSPS) is 12.5. The van der Waals surface area contributed by atoms with Crippen molar-refractivity contribution in [1.29, 1.82) is 0 Å². The number of benzene rings is 2. The highest BCUT2D eigenvalue weighted by molar-refractivity contribution is 6.31. The van der Waals surface area contributed by atoms with Crippen LogP contribution >= 0.6 is 23.2 Å². The molecule has 100 valence electrons. The van der Waals surface area contributed by atoms with Crippen molar-refractivity contribution in [3.8, 4) is 0 Å². The van der Waals surface area contributed by atoms with E-state index in [1.54, 1.807) is 6.07 Å². The zero-order valence-electron chi connectivity index (χ0n) is 9.71. The molecule has 0 radical (unpaired) electrons. The predicted octanol–water partition coefficient (Wildman–Crippen LogP) is 4.55. The first-order valence-electron chi connectivity index (χ1n) is 5.55. The summed E-state index contributed by atoms with van der Waals surface area (Å²) in [6.45, 7) is 0. The minimum Gasteiger partial charge on any atom is -0.388 e. The molecule has 5 heteroatoms.